The summed E-state index contributed by atoms with van der Waals surface area (Å²) in [6.07, 6.45) is 6.50. The third-order valence-corrected chi connectivity index (χ3v) is 2.32. The van der Waals surface area contributed by atoms with Crippen molar-refractivity contribution in [2.45, 2.75) is 12.8 Å². The van der Waals surface area contributed by atoms with Crippen LogP contribution >= 0.6 is 12.6 Å². The Morgan fingerprint density at radius 1 is 1.35 bits per heavy atom. The number of amides is 1. The summed E-state index contributed by atoms with van der Waals surface area (Å²) in [5.41, 5.74) is 3.55. The fraction of sp³-hybridized carbons (Fsp3) is 0.231. The molecule has 0 unspecified atom stereocenters. The van der Waals surface area contributed by atoms with E-state index in [1.54, 1.807) is 12.3 Å². The summed E-state index contributed by atoms with van der Waals surface area (Å²) in [7, 11) is 0. The molecule has 17 heavy (non-hydrogen) atoms. The fourth-order valence-electron chi connectivity index (χ4n) is 1.17. The van der Waals surface area contributed by atoms with Gasteiger partial charge in [-0.2, -0.15) is 17.7 Å². The first-order chi connectivity index (χ1) is 8.33. The van der Waals surface area contributed by atoms with Crippen LogP contribution in [0, 0.1) is 0 Å². The Labute approximate surface area is 107 Å². The average molecular weight is 248 g/mol. The van der Waals surface area contributed by atoms with E-state index in [2.05, 4.69) is 23.2 Å². The number of allylic oxidation sites excluding steroid dienone is 1. The van der Waals surface area contributed by atoms with Gasteiger partial charge in [0.15, 0.2) is 0 Å². The van der Waals surface area contributed by atoms with Crippen LogP contribution in [-0.4, -0.2) is 17.9 Å². The molecule has 0 aliphatic heterocycles. The summed E-state index contributed by atoms with van der Waals surface area (Å²) in [6, 6.07) is 9.89. The number of nitrogens with one attached hydrogen (secondary N) is 1. The minimum Gasteiger partial charge on any atom is -0.273 e. The molecule has 0 saturated heterocycles. The number of hydrogen-bond donors (Lipinski definition) is 2. The normalized spacial score (nSPS) is 11.1. The van der Waals surface area contributed by atoms with E-state index in [9.17, 15) is 4.79 Å². The van der Waals surface area contributed by atoms with Crippen LogP contribution in [0.5, 0.6) is 0 Å². The van der Waals surface area contributed by atoms with Crippen LogP contribution in [0.4, 0.5) is 0 Å². The number of carbonyl (C=O) groups is 1. The van der Waals surface area contributed by atoms with Crippen LogP contribution in [0.3, 0.4) is 0 Å². The molecule has 0 aromatic heterocycles. The molecule has 1 amide bonds. The summed E-state index contributed by atoms with van der Waals surface area (Å²) in [6.45, 7) is 0. The third-order valence-electron chi connectivity index (χ3n) is 2.00. The second-order valence-corrected chi connectivity index (χ2v) is 3.86. The second-order valence-electron chi connectivity index (χ2n) is 3.41. The van der Waals surface area contributed by atoms with Crippen molar-refractivity contribution >= 4 is 30.8 Å². The van der Waals surface area contributed by atoms with E-state index in [4.69, 9.17) is 0 Å². The molecule has 0 bridgehead atoms. The predicted octanol–water partition coefficient (Wildman–Crippen LogP) is 2.51. The highest BCUT2D eigenvalue weighted by Gasteiger charge is 1.95. The molecule has 0 aliphatic carbocycles. The van der Waals surface area contributed by atoms with Gasteiger partial charge in [-0.05, 0) is 23.8 Å². The molecule has 0 heterocycles. The minimum atomic E-state index is -0.0802. The second kappa shape index (κ2) is 8.58. The van der Waals surface area contributed by atoms with E-state index in [1.807, 2.05) is 36.4 Å². The van der Waals surface area contributed by atoms with E-state index in [1.165, 1.54) is 0 Å². The highest BCUT2D eigenvalue weighted by molar-refractivity contribution is 7.80. The monoisotopic (exact) mass is 248 g/mol. The Morgan fingerprint density at radius 3 is 2.82 bits per heavy atom. The van der Waals surface area contributed by atoms with E-state index in [0.29, 0.717) is 12.2 Å². The molecule has 0 spiro atoms. The van der Waals surface area contributed by atoms with E-state index in [-0.39, 0.29) is 5.91 Å². The number of hydrogen-bond acceptors (Lipinski definition) is 3. The number of benzene rings is 1. The number of nitrogens with zero attached hydrogens (tertiary/aromatic N) is 1. The maximum atomic E-state index is 11.2. The van der Waals surface area contributed by atoms with Gasteiger partial charge in [0.1, 0.15) is 0 Å². The molecule has 0 saturated carbocycles. The van der Waals surface area contributed by atoms with Crippen molar-refractivity contribution in [2.24, 2.45) is 5.10 Å². The van der Waals surface area contributed by atoms with Crippen molar-refractivity contribution in [3.63, 3.8) is 0 Å². The summed E-state index contributed by atoms with van der Waals surface area (Å²) in [5.74, 6) is 0.633. The predicted molar refractivity (Wildman–Crippen MR) is 75.2 cm³/mol. The van der Waals surface area contributed by atoms with Crippen LogP contribution < -0.4 is 5.43 Å². The van der Waals surface area contributed by atoms with Crippen molar-refractivity contribution in [1.29, 1.82) is 0 Å². The van der Waals surface area contributed by atoms with Crippen molar-refractivity contribution in [1.82, 2.24) is 5.43 Å². The lowest BCUT2D eigenvalue weighted by Gasteiger charge is -1.95. The van der Waals surface area contributed by atoms with Crippen LogP contribution in [0.15, 0.2) is 41.5 Å². The van der Waals surface area contributed by atoms with Crippen LogP contribution in [0.2, 0.25) is 0 Å². The zero-order chi connectivity index (χ0) is 12.3. The first-order valence-corrected chi connectivity index (χ1v) is 6.10. The van der Waals surface area contributed by atoms with Gasteiger partial charge in [-0.15, -0.1) is 0 Å². The molecule has 0 radical (unpaired) electrons. The number of thiol groups is 1. The van der Waals surface area contributed by atoms with Crippen molar-refractivity contribution in [3.05, 3.63) is 42.0 Å². The quantitative estimate of drug-likeness (QED) is 0.453. The Morgan fingerprint density at radius 2 is 2.12 bits per heavy atom. The SMILES string of the molecule is O=C(CCCS)N/N=C/C=C/c1ccccc1. The Hall–Kier alpha value is -1.55. The Bertz CT molecular complexity index is 388. The molecule has 0 atom stereocenters. The van der Waals surface area contributed by atoms with Crippen molar-refractivity contribution in [3.8, 4) is 0 Å². The zero-order valence-electron chi connectivity index (χ0n) is 9.54. The van der Waals surface area contributed by atoms with Crippen LogP contribution in [0.1, 0.15) is 18.4 Å². The Balaban J connectivity index is 2.26. The summed E-state index contributed by atoms with van der Waals surface area (Å²) in [4.78, 5) is 11.2. The van der Waals surface area contributed by atoms with Gasteiger partial charge in [-0.1, -0.05) is 36.4 Å². The molecule has 1 N–H and O–H groups in total. The lowest BCUT2D eigenvalue weighted by Crippen LogP contribution is -2.16. The molecule has 90 valence electrons. The number of hydrazone groups is 1. The van der Waals surface area contributed by atoms with Gasteiger partial charge >= 0.3 is 0 Å². The van der Waals surface area contributed by atoms with Gasteiger partial charge in [-0.25, -0.2) is 5.43 Å². The van der Waals surface area contributed by atoms with Gasteiger partial charge in [0.25, 0.3) is 0 Å². The third kappa shape index (κ3) is 6.58. The molecule has 1 aromatic rings. The number of carbonyl (C=O) groups excluding carboxylic acids is 1. The van der Waals surface area contributed by atoms with Gasteiger partial charge in [0, 0.05) is 12.6 Å². The summed E-state index contributed by atoms with van der Waals surface area (Å²) < 4.78 is 0. The first-order valence-electron chi connectivity index (χ1n) is 5.47. The van der Waals surface area contributed by atoms with Gasteiger partial charge in [-0.3, -0.25) is 4.79 Å². The molecule has 4 heteroatoms. The van der Waals surface area contributed by atoms with Gasteiger partial charge < -0.3 is 0 Å². The van der Waals surface area contributed by atoms with Crippen LogP contribution in [-0.2, 0) is 4.79 Å². The maximum Gasteiger partial charge on any atom is 0.240 e. The Kier molecular flexibility index (Phi) is 6.82. The largest absolute Gasteiger partial charge is 0.273 e. The lowest BCUT2D eigenvalue weighted by atomic mass is 10.2. The molecular weight excluding hydrogens is 232 g/mol. The van der Waals surface area contributed by atoms with Gasteiger partial charge in [0.2, 0.25) is 5.91 Å². The zero-order valence-corrected chi connectivity index (χ0v) is 10.4. The standard InChI is InChI=1S/C13H16N2OS/c16-13(9-5-11-17)15-14-10-4-8-12-6-2-1-3-7-12/h1-4,6-8,10,17H,5,9,11H2,(H,15,16)/b8-4+,14-10+. The smallest absolute Gasteiger partial charge is 0.240 e. The lowest BCUT2D eigenvalue weighted by molar-refractivity contribution is -0.121. The molecule has 0 aliphatic rings. The topological polar surface area (TPSA) is 41.5 Å². The summed E-state index contributed by atoms with van der Waals surface area (Å²) >= 11 is 4.03. The van der Waals surface area contributed by atoms with E-state index >= 15 is 0 Å². The molecule has 1 aromatic carbocycles. The van der Waals surface area contributed by atoms with Crippen molar-refractivity contribution < 1.29 is 4.79 Å². The van der Waals surface area contributed by atoms with E-state index in [0.717, 1.165) is 12.0 Å². The highest BCUT2D eigenvalue weighted by Crippen LogP contribution is 1.99. The van der Waals surface area contributed by atoms with Gasteiger partial charge in [0.05, 0.1) is 0 Å². The van der Waals surface area contributed by atoms with Crippen molar-refractivity contribution in [2.75, 3.05) is 5.75 Å². The highest BCUT2D eigenvalue weighted by atomic mass is 32.1. The molecule has 0 fully saturated rings. The number of rotatable bonds is 6. The van der Waals surface area contributed by atoms with Crippen LogP contribution in [0.25, 0.3) is 6.08 Å². The fourth-order valence-corrected chi connectivity index (χ4v) is 1.32. The first kappa shape index (κ1) is 13.5. The average Bonchev–Trinajstić information content (AvgIpc) is 2.37. The molecule has 3 nitrogen and oxygen atoms in total. The molecular formula is C13H16N2OS. The maximum absolute atomic E-state index is 11.2. The summed E-state index contributed by atoms with van der Waals surface area (Å²) in [5, 5.41) is 3.80. The minimum absolute atomic E-state index is 0.0802. The molecule has 1 rings (SSSR count). The van der Waals surface area contributed by atoms with E-state index < -0.39 is 0 Å².